The quantitative estimate of drug-likeness (QED) is 0.683. The van der Waals surface area contributed by atoms with Gasteiger partial charge in [0.25, 0.3) is 15.9 Å². The molecular weight excluding hydrogens is 376 g/mol. The summed E-state index contributed by atoms with van der Waals surface area (Å²) >= 11 is 5.86. The van der Waals surface area contributed by atoms with Crippen LogP contribution in [0.3, 0.4) is 0 Å². The summed E-state index contributed by atoms with van der Waals surface area (Å²) in [7, 11) is -3.86. The van der Waals surface area contributed by atoms with Crippen LogP contribution in [0.4, 0.5) is 5.69 Å². The summed E-state index contributed by atoms with van der Waals surface area (Å²) in [6, 6.07) is 6.45. The second-order valence-electron chi connectivity index (χ2n) is 6.42. The van der Waals surface area contributed by atoms with Crippen molar-refractivity contribution in [2.45, 2.75) is 37.5 Å². The van der Waals surface area contributed by atoms with Crippen LogP contribution in [0.15, 0.2) is 33.7 Å². The number of sulfonamides is 1. The fraction of sp³-hybridized carbons (Fsp3) is 0.294. The topological polar surface area (TPSA) is 101 Å². The van der Waals surface area contributed by atoms with Gasteiger partial charge in [0.15, 0.2) is 5.82 Å². The zero-order chi connectivity index (χ0) is 18.5. The van der Waals surface area contributed by atoms with E-state index in [1.807, 2.05) is 0 Å². The highest BCUT2D eigenvalue weighted by molar-refractivity contribution is 7.93. The average molecular weight is 393 g/mol. The molecule has 0 aliphatic heterocycles. The first-order chi connectivity index (χ1) is 12.3. The van der Waals surface area contributed by atoms with Gasteiger partial charge in [0, 0.05) is 28.0 Å². The molecule has 136 valence electrons. The highest BCUT2D eigenvalue weighted by Gasteiger charge is 2.32. The predicted molar refractivity (Wildman–Crippen MR) is 97.8 cm³/mol. The molecule has 2 N–H and O–H groups in total. The Morgan fingerprint density at radius 3 is 2.54 bits per heavy atom. The lowest BCUT2D eigenvalue weighted by Crippen LogP contribution is -2.14. The number of benzene rings is 1. The molecule has 1 aliphatic carbocycles. The van der Waals surface area contributed by atoms with Crippen LogP contribution >= 0.6 is 11.6 Å². The second kappa shape index (κ2) is 6.14. The van der Waals surface area contributed by atoms with Gasteiger partial charge in [-0.3, -0.25) is 4.72 Å². The Labute approximate surface area is 155 Å². The SMILES string of the molecule is Cc1[nH]c(C)c(S(=O)(=O)Nc2ccc(Cl)cc2)c1-c1nc(C2CC2)no1. The monoisotopic (exact) mass is 392 g/mol. The summed E-state index contributed by atoms with van der Waals surface area (Å²) in [6.07, 6.45) is 2.07. The molecule has 2 heterocycles. The Morgan fingerprint density at radius 1 is 1.19 bits per heavy atom. The number of hydrogen-bond donors (Lipinski definition) is 2. The van der Waals surface area contributed by atoms with Crippen molar-refractivity contribution < 1.29 is 12.9 Å². The molecule has 1 aromatic carbocycles. The van der Waals surface area contributed by atoms with E-state index in [2.05, 4.69) is 19.8 Å². The predicted octanol–water partition coefficient (Wildman–Crippen LogP) is 4.01. The van der Waals surface area contributed by atoms with Crippen LogP contribution in [0, 0.1) is 13.8 Å². The number of H-pyrrole nitrogens is 1. The highest BCUT2D eigenvalue weighted by Crippen LogP contribution is 2.40. The summed E-state index contributed by atoms with van der Waals surface area (Å²) in [5, 5.41) is 4.52. The molecule has 0 unspecified atom stereocenters. The summed E-state index contributed by atoms with van der Waals surface area (Å²) in [5.41, 5.74) is 1.99. The highest BCUT2D eigenvalue weighted by atomic mass is 35.5. The molecular formula is C17H17ClN4O3S. The van der Waals surface area contributed by atoms with Crippen molar-refractivity contribution in [3.05, 3.63) is 46.5 Å². The van der Waals surface area contributed by atoms with Crippen molar-refractivity contribution in [1.29, 1.82) is 0 Å². The van der Waals surface area contributed by atoms with Gasteiger partial charge in [-0.05, 0) is 51.0 Å². The molecule has 1 saturated carbocycles. The fourth-order valence-corrected chi connectivity index (χ4v) is 4.56. The molecule has 1 fully saturated rings. The Morgan fingerprint density at radius 2 is 1.88 bits per heavy atom. The molecule has 7 nitrogen and oxygen atoms in total. The lowest BCUT2D eigenvalue weighted by molar-refractivity contribution is 0.421. The summed E-state index contributed by atoms with van der Waals surface area (Å²) < 4.78 is 34.0. The minimum Gasteiger partial charge on any atom is -0.361 e. The van der Waals surface area contributed by atoms with E-state index in [0.29, 0.717) is 39.4 Å². The molecule has 3 aromatic rings. The van der Waals surface area contributed by atoms with Crippen LogP contribution in [0.25, 0.3) is 11.5 Å². The Balaban J connectivity index is 1.76. The third-order valence-electron chi connectivity index (χ3n) is 4.28. The van der Waals surface area contributed by atoms with Crippen LogP contribution in [-0.4, -0.2) is 23.5 Å². The first-order valence-corrected chi connectivity index (χ1v) is 10.0. The molecule has 0 atom stereocenters. The number of anilines is 1. The Kier molecular flexibility index (Phi) is 4.04. The van der Waals surface area contributed by atoms with Crippen molar-refractivity contribution in [2.24, 2.45) is 0 Å². The largest absolute Gasteiger partial charge is 0.361 e. The van der Waals surface area contributed by atoms with Gasteiger partial charge in [-0.25, -0.2) is 8.42 Å². The summed E-state index contributed by atoms with van der Waals surface area (Å²) in [5.74, 6) is 1.16. The van der Waals surface area contributed by atoms with Crippen molar-refractivity contribution in [2.75, 3.05) is 4.72 Å². The Bertz CT molecular complexity index is 1070. The third-order valence-corrected chi connectivity index (χ3v) is 6.09. The molecule has 0 spiro atoms. The maximum absolute atomic E-state index is 13.0. The fourth-order valence-electron chi connectivity index (χ4n) is 2.92. The van der Waals surface area contributed by atoms with Crippen molar-refractivity contribution >= 4 is 27.3 Å². The lowest BCUT2D eigenvalue weighted by Gasteiger charge is -2.09. The summed E-state index contributed by atoms with van der Waals surface area (Å²) in [4.78, 5) is 7.57. The number of aryl methyl sites for hydroxylation is 2. The number of hydrogen-bond acceptors (Lipinski definition) is 5. The van der Waals surface area contributed by atoms with Gasteiger partial charge in [0.2, 0.25) is 0 Å². The number of aromatic amines is 1. The van der Waals surface area contributed by atoms with Gasteiger partial charge >= 0.3 is 0 Å². The van der Waals surface area contributed by atoms with E-state index in [-0.39, 0.29) is 10.8 Å². The molecule has 4 rings (SSSR count). The molecule has 1 aliphatic rings. The molecule has 2 aromatic heterocycles. The second-order valence-corrected chi connectivity index (χ2v) is 8.48. The number of aromatic nitrogens is 3. The number of nitrogens with one attached hydrogen (secondary N) is 2. The van der Waals surface area contributed by atoms with Crippen LogP contribution in [0.5, 0.6) is 0 Å². The van der Waals surface area contributed by atoms with Crippen molar-refractivity contribution in [3.63, 3.8) is 0 Å². The molecule has 0 bridgehead atoms. The minimum atomic E-state index is -3.86. The van der Waals surface area contributed by atoms with Crippen LogP contribution in [0.2, 0.25) is 5.02 Å². The lowest BCUT2D eigenvalue weighted by atomic mass is 10.2. The van der Waals surface area contributed by atoms with E-state index in [9.17, 15) is 8.42 Å². The number of halogens is 1. The molecule has 26 heavy (non-hydrogen) atoms. The zero-order valence-electron chi connectivity index (χ0n) is 14.2. The molecule has 0 radical (unpaired) electrons. The first-order valence-electron chi connectivity index (χ1n) is 8.16. The summed E-state index contributed by atoms with van der Waals surface area (Å²) in [6.45, 7) is 3.48. The van der Waals surface area contributed by atoms with Gasteiger partial charge in [0.1, 0.15) is 4.90 Å². The zero-order valence-corrected chi connectivity index (χ0v) is 15.8. The average Bonchev–Trinajstić information content (AvgIpc) is 3.23. The molecule has 9 heteroatoms. The van der Waals surface area contributed by atoms with E-state index >= 15 is 0 Å². The van der Waals surface area contributed by atoms with Gasteiger partial charge < -0.3 is 9.51 Å². The van der Waals surface area contributed by atoms with Crippen LogP contribution < -0.4 is 4.72 Å². The van der Waals surface area contributed by atoms with Crippen molar-refractivity contribution in [1.82, 2.24) is 15.1 Å². The van der Waals surface area contributed by atoms with Gasteiger partial charge in [0.05, 0.1) is 5.56 Å². The standard InChI is InChI=1S/C17H17ClN4O3S/c1-9-14(17-20-16(21-25-17)11-3-4-11)15(10(2)19-9)26(23,24)22-13-7-5-12(18)6-8-13/h5-8,11,19,22H,3-4H2,1-2H3. The van der Waals surface area contributed by atoms with Crippen LogP contribution in [0.1, 0.15) is 36.0 Å². The normalized spacial score (nSPS) is 14.6. The van der Waals surface area contributed by atoms with E-state index in [4.69, 9.17) is 16.1 Å². The van der Waals surface area contributed by atoms with Gasteiger partial charge in [-0.2, -0.15) is 4.98 Å². The smallest absolute Gasteiger partial charge is 0.264 e. The van der Waals surface area contributed by atoms with Crippen molar-refractivity contribution in [3.8, 4) is 11.5 Å². The molecule has 0 saturated heterocycles. The van der Waals surface area contributed by atoms with Gasteiger partial charge in [-0.1, -0.05) is 16.8 Å². The molecule has 0 amide bonds. The van der Waals surface area contributed by atoms with E-state index < -0.39 is 10.0 Å². The number of nitrogens with zero attached hydrogens (tertiary/aromatic N) is 2. The maximum Gasteiger partial charge on any atom is 0.264 e. The first kappa shape index (κ1) is 17.1. The van der Waals surface area contributed by atoms with Crippen LogP contribution in [-0.2, 0) is 10.0 Å². The van der Waals surface area contributed by atoms with E-state index in [1.165, 1.54) is 0 Å². The minimum absolute atomic E-state index is 0.107. The third kappa shape index (κ3) is 3.10. The van der Waals surface area contributed by atoms with E-state index in [1.54, 1.807) is 38.1 Å². The Hall–Kier alpha value is -2.32. The number of rotatable bonds is 5. The van der Waals surface area contributed by atoms with Gasteiger partial charge in [-0.15, -0.1) is 0 Å². The van der Waals surface area contributed by atoms with E-state index in [0.717, 1.165) is 12.8 Å². The maximum atomic E-state index is 13.0.